The average molecular weight is 251 g/mol. The van der Waals surface area contributed by atoms with Gasteiger partial charge in [0, 0.05) is 7.11 Å². The molecule has 0 saturated heterocycles. The second kappa shape index (κ2) is 6.26. The van der Waals surface area contributed by atoms with Gasteiger partial charge < -0.3 is 19.4 Å². The minimum absolute atomic E-state index is 0.343. The topological polar surface area (TPSA) is 58.6 Å². The van der Waals surface area contributed by atoms with Crippen molar-refractivity contribution in [2.45, 2.75) is 44.1 Å². The highest BCUT2D eigenvalue weighted by Gasteiger charge is 2.46. The molecule has 17 heavy (non-hydrogen) atoms. The zero-order valence-corrected chi connectivity index (χ0v) is 9.79. The van der Waals surface area contributed by atoms with Crippen molar-refractivity contribution in [1.29, 1.82) is 0 Å². The highest BCUT2D eigenvalue weighted by Crippen LogP contribution is 2.35. The quantitative estimate of drug-likeness (QED) is 0.659. The van der Waals surface area contributed by atoms with Gasteiger partial charge in [-0.1, -0.05) is 19.3 Å². The SMILES string of the molecule is COCOC(C1CCCCC1)C(F)(F)C(=O)[O-]. The van der Waals surface area contributed by atoms with Crippen LogP contribution in [-0.4, -0.2) is 31.9 Å². The molecule has 4 nitrogen and oxygen atoms in total. The van der Waals surface area contributed by atoms with Crippen LogP contribution in [0.5, 0.6) is 0 Å². The Hall–Kier alpha value is -0.750. The minimum Gasteiger partial charge on any atom is -0.544 e. The largest absolute Gasteiger partial charge is 0.544 e. The number of hydrogen-bond acceptors (Lipinski definition) is 4. The third-order valence-electron chi connectivity index (χ3n) is 3.07. The second-order valence-corrected chi connectivity index (χ2v) is 4.30. The molecule has 1 fully saturated rings. The fourth-order valence-electron chi connectivity index (χ4n) is 2.23. The fourth-order valence-corrected chi connectivity index (χ4v) is 2.23. The molecule has 0 radical (unpaired) electrons. The lowest BCUT2D eigenvalue weighted by atomic mass is 9.83. The summed E-state index contributed by atoms with van der Waals surface area (Å²) in [5, 5.41) is 10.5. The van der Waals surface area contributed by atoms with Gasteiger partial charge in [-0.05, 0) is 18.8 Å². The van der Waals surface area contributed by atoms with Gasteiger partial charge in [0.05, 0.1) is 0 Å². The second-order valence-electron chi connectivity index (χ2n) is 4.30. The summed E-state index contributed by atoms with van der Waals surface area (Å²) >= 11 is 0. The maximum absolute atomic E-state index is 13.5. The number of methoxy groups -OCH3 is 1. The molecule has 0 aromatic carbocycles. The van der Waals surface area contributed by atoms with Crippen molar-refractivity contribution in [1.82, 2.24) is 0 Å². The molecule has 0 aliphatic heterocycles. The Morgan fingerprint density at radius 2 is 2.00 bits per heavy atom. The molecular formula is C11H17F2O4-. The van der Waals surface area contributed by atoms with Crippen LogP contribution in [0.15, 0.2) is 0 Å². The molecule has 0 bridgehead atoms. The summed E-state index contributed by atoms with van der Waals surface area (Å²) in [6, 6.07) is 0. The lowest BCUT2D eigenvalue weighted by Crippen LogP contribution is -2.54. The fraction of sp³-hybridized carbons (Fsp3) is 0.909. The van der Waals surface area contributed by atoms with Crippen LogP contribution in [0.4, 0.5) is 8.78 Å². The van der Waals surface area contributed by atoms with Crippen molar-refractivity contribution in [2.24, 2.45) is 5.92 Å². The lowest BCUT2D eigenvalue weighted by molar-refractivity contribution is -0.341. The Morgan fingerprint density at radius 1 is 1.41 bits per heavy atom. The van der Waals surface area contributed by atoms with Gasteiger partial charge in [-0.3, -0.25) is 0 Å². The van der Waals surface area contributed by atoms with E-state index in [1.807, 2.05) is 0 Å². The Labute approximate surface area is 98.9 Å². The number of carboxylic acid groups (broad SMARTS) is 1. The number of halogens is 2. The van der Waals surface area contributed by atoms with Crippen LogP contribution >= 0.6 is 0 Å². The Morgan fingerprint density at radius 3 is 2.47 bits per heavy atom. The third kappa shape index (κ3) is 3.61. The number of hydrogen-bond donors (Lipinski definition) is 0. The van der Waals surface area contributed by atoms with Crippen molar-refractivity contribution in [3.05, 3.63) is 0 Å². The maximum Gasteiger partial charge on any atom is 0.313 e. The highest BCUT2D eigenvalue weighted by molar-refractivity contribution is 5.74. The van der Waals surface area contributed by atoms with Gasteiger partial charge in [0.1, 0.15) is 18.9 Å². The number of aliphatic carboxylic acids is 1. The van der Waals surface area contributed by atoms with E-state index in [2.05, 4.69) is 4.74 Å². The van der Waals surface area contributed by atoms with Crippen LogP contribution < -0.4 is 5.11 Å². The molecule has 1 rings (SSSR count). The maximum atomic E-state index is 13.5. The van der Waals surface area contributed by atoms with E-state index in [1.54, 1.807) is 0 Å². The number of carboxylic acids is 1. The van der Waals surface area contributed by atoms with Crippen LogP contribution in [0.3, 0.4) is 0 Å². The molecule has 1 atom stereocenters. The predicted octanol–water partition coefficient (Wildman–Crippen LogP) is 0.941. The van der Waals surface area contributed by atoms with E-state index in [1.165, 1.54) is 7.11 Å². The van der Waals surface area contributed by atoms with E-state index in [0.717, 1.165) is 19.3 Å². The molecular weight excluding hydrogens is 234 g/mol. The van der Waals surface area contributed by atoms with Crippen molar-refractivity contribution in [3.8, 4) is 0 Å². The molecule has 1 aliphatic rings. The summed E-state index contributed by atoms with van der Waals surface area (Å²) in [6.45, 7) is -0.343. The molecule has 1 unspecified atom stereocenters. The normalized spacial score (nSPS) is 20.2. The van der Waals surface area contributed by atoms with E-state index >= 15 is 0 Å². The van der Waals surface area contributed by atoms with Gasteiger partial charge in [-0.15, -0.1) is 0 Å². The summed E-state index contributed by atoms with van der Waals surface area (Å²) < 4.78 is 36.4. The summed E-state index contributed by atoms with van der Waals surface area (Å²) in [4.78, 5) is 10.5. The van der Waals surface area contributed by atoms with Crippen molar-refractivity contribution < 1.29 is 28.2 Å². The van der Waals surface area contributed by atoms with E-state index in [9.17, 15) is 18.7 Å². The van der Waals surface area contributed by atoms with E-state index in [4.69, 9.17) is 4.74 Å². The summed E-state index contributed by atoms with van der Waals surface area (Å²) in [5.74, 6) is -6.81. The first-order valence-corrected chi connectivity index (χ1v) is 5.70. The van der Waals surface area contributed by atoms with Gasteiger partial charge in [-0.25, -0.2) is 0 Å². The molecule has 0 heterocycles. The average Bonchev–Trinajstić information content (AvgIpc) is 2.30. The smallest absolute Gasteiger partial charge is 0.313 e. The van der Waals surface area contributed by atoms with Crippen LogP contribution in [0.1, 0.15) is 32.1 Å². The minimum atomic E-state index is -3.97. The molecule has 1 saturated carbocycles. The first-order valence-electron chi connectivity index (χ1n) is 5.70. The van der Waals surface area contributed by atoms with Gasteiger partial charge in [-0.2, -0.15) is 8.78 Å². The van der Waals surface area contributed by atoms with Crippen LogP contribution in [0.2, 0.25) is 0 Å². The molecule has 0 aromatic heterocycles. The van der Waals surface area contributed by atoms with Gasteiger partial charge >= 0.3 is 5.92 Å². The van der Waals surface area contributed by atoms with Crippen molar-refractivity contribution >= 4 is 5.97 Å². The van der Waals surface area contributed by atoms with Crippen molar-refractivity contribution in [2.75, 3.05) is 13.9 Å². The zero-order valence-electron chi connectivity index (χ0n) is 9.79. The van der Waals surface area contributed by atoms with Crippen LogP contribution in [-0.2, 0) is 14.3 Å². The van der Waals surface area contributed by atoms with Crippen LogP contribution in [0.25, 0.3) is 0 Å². The number of carbonyl (C=O) groups excluding carboxylic acids is 1. The molecule has 6 heteroatoms. The monoisotopic (exact) mass is 251 g/mol. The first kappa shape index (κ1) is 14.3. The number of ether oxygens (including phenoxy) is 2. The molecule has 0 spiro atoms. The van der Waals surface area contributed by atoms with Crippen LogP contribution in [0, 0.1) is 5.92 Å². The lowest BCUT2D eigenvalue weighted by Gasteiger charge is -2.35. The number of alkyl halides is 2. The highest BCUT2D eigenvalue weighted by atomic mass is 19.3. The summed E-state index contributed by atoms with van der Waals surface area (Å²) in [5.41, 5.74) is 0. The van der Waals surface area contributed by atoms with Crippen molar-refractivity contribution in [3.63, 3.8) is 0 Å². The Balaban J connectivity index is 2.74. The first-order chi connectivity index (χ1) is 8.00. The van der Waals surface area contributed by atoms with Gasteiger partial charge in [0.25, 0.3) is 0 Å². The summed E-state index contributed by atoms with van der Waals surface area (Å²) in [7, 11) is 1.30. The Bertz CT molecular complexity index is 252. The molecule has 1 aliphatic carbocycles. The number of carbonyl (C=O) groups is 1. The molecule has 0 amide bonds. The zero-order chi connectivity index (χ0) is 12.9. The third-order valence-corrected chi connectivity index (χ3v) is 3.07. The molecule has 0 aromatic rings. The van der Waals surface area contributed by atoms with E-state index in [0.29, 0.717) is 12.8 Å². The van der Waals surface area contributed by atoms with E-state index in [-0.39, 0.29) is 6.79 Å². The molecule has 100 valence electrons. The van der Waals surface area contributed by atoms with E-state index < -0.39 is 23.9 Å². The number of rotatable bonds is 6. The predicted molar refractivity (Wildman–Crippen MR) is 53.3 cm³/mol. The standard InChI is InChI=1S/C11H18F2O4/c1-16-7-17-9(11(12,13)10(14)15)8-5-3-2-4-6-8/h8-9H,2-7H2,1H3,(H,14,15)/p-1. The summed E-state index contributed by atoms with van der Waals surface area (Å²) in [6.07, 6.45) is 2.08. The van der Waals surface area contributed by atoms with Gasteiger partial charge in [0.2, 0.25) is 0 Å². The molecule has 0 N–H and O–H groups in total. The Kier molecular flexibility index (Phi) is 5.27. The van der Waals surface area contributed by atoms with Gasteiger partial charge in [0.15, 0.2) is 0 Å².